The molecule has 1 N–H and O–H groups in total. The molecule has 0 spiro atoms. The molecule has 1 aliphatic carbocycles. The standard InChI is InChI=1S/C23H22ClFN2O2/c24-16-10-14(12-26-13-16)6-9-20(28)22-21(15-4-2-1-3-5-15)18-11-17(25)7-8-19(18)27-23(22)29/h1-6,9-10,12-13,17-19,21-22H,7-8,11H2,(H,27,29)/b9-6+. The third-order valence-corrected chi connectivity index (χ3v) is 6.13. The van der Waals surface area contributed by atoms with Gasteiger partial charge >= 0.3 is 0 Å². The van der Waals surface area contributed by atoms with Gasteiger partial charge in [-0.05, 0) is 54.5 Å². The quantitative estimate of drug-likeness (QED) is 0.599. The molecule has 0 radical (unpaired) electrons. The molecule has 4 rings (SSSR count). The number of ketones is 1. The Balaban J connectivity index is 1.67. The summed E-state index contributed by atoms with van der Waals surface area (Å²) in [5.74, 6) is -1.91. The van der Waals surface area contributed by atoms with Crippen LogP contribution < -0.4 is 5.32 Å². The van der Waals surface area contributed by atoms with Crippen molar-refractivity contribution in [1.82, 2.24) is 10.3 Å². The lowest BCUT2D eigenvalue weighted by Crippen LogP contribution is -2.57. The Morgan fingerprint density at radius 3 is 2.76 bits per heavy atom. The molecule has 2 aromatic rings. The number of alkyl halides is 1. The first-order valence-electron chi connectivity index (χ1n) is 9.85. The minimum Gasteiger partial charge on any atom is -0.352 e. The largest absolute Gasteiger partial charge is 0.352 e. The summed E-state index contributed by atoms with van der Waals surface area (Å²) in [5.41, 5.74) is 1.58. The summed E-state index contributed by atoms with van der Waals surface area (Å²) in [6.07, 6.45) is 6.63. The number of halogens is 2. The van der Waals surface area contributed by atoms with E-state index >= 15 is 0 Å². The van der Waals surface area contributed by atoms with Crippen LogP contribution in [0.5, 0.6) is 0 Å². The molecule has 4 nitrogen and oxygen atoms in total. The predicted octanol–water partition coefficient (Wildman–Crippen LogP) is 4.35. The van der Waals surface area contributed by atoms with E-state index in [0.717, 1.165) is 5.56 Å². The maximum Gasteiger partial charge on any atom is 0.231 e. The average molecular weight is 413 g/mol. The summed E-state index contributed by atoms with van der Waals surface area (Å²) < 4.78 is 14.2. The van der Waals surface area contributed by atoms with Crippen LogP contribution in [0.15, 0.2) is 54.9 Å². The number of carbonyl (C=O) groups is 2. The van der Waals surface area contributed by atoms with E-state index in [-0.39, 0.29) is 29.6 Å². The number of hydrogen-bond acceptors (Lipinski definition) is 3. The molecule has 6 heteroatoms. The fourth-order valence-electron chi connectivity index (χ4n) is 4.63. The van der Waals surface area contributed by atoms with Crippen LogP contribution in [-0.4, -0.2) is 28.9 Å². The number of piperidine rings is 1. The second kappa shape index (κ2) is 8.46. The molecule has 2 heterocycles. The fraction of sp³-hybridized carbons (Fsp3) is 0.348. The number of amides is 1. The summed E-state index contributed by atoms with van der Waals surface area (Å²) in [6.45, 7) is 0. The third kappa shape index (κ3) is 4.25. The Morgan fingerprint density at radius 2 is 2.00 bits per heavy atom. The minimum atomic E-state index is -0.902. The Morgan fingerprint density at radius 1 is 1.21 bits per heavy atom. The number of rotatable bonds is 4. The van der Waals surface area contributed by atoms with Crippen LogP contribution in [-0.2, 0) is 9.59 Å². The van der Waals surface area contributed by atoms with Gasteiger partial charge in [0.1, 0.15) is 12.1 Å². The summed E-state index contributed by atoms with van der Waals surface area (Å²) in [7, 11) is 0. The molecule has 1 aromatic heterocycles. The van der Waals surface area contributed by atoms with E-state index in [1.165, 1.54) is 12.3 Å². The van der Waals surface area contributed by atoms with Gasteiger partial charge in [0.15, 0.2) is 5.78 Å². The van der Waals surface area contributed by atoms with Gasteiger partial charge < -0.3 is 5.32 Å². The summed E-state index contributed by atoms with van der Waals surface area (Å²) in [4.78, 5) is 30.0. The highest BCUT2D eigenvalue weighted by Crippen LogP contribution is 2.45. The molecule has 5 atom stereocenters. The molecule has 0 bridgehead atoms. The van der Waals surface area contributed by atoms with Crippen molar-refractivity contribution >= 4 is 29.4 Å². The number of nitrogens with zero attached hydrogens (tertiary/aromatic N) is 1. The maximum absolute atomic E-state index is 14.2. The lowest BCUT2D eigenvalue weighted by molar-refractivity contribution is -0.138. The molecule has 2 fully saturated rings. The number of nitrogens with one attached hydrogen (secondary N) is 1. The highest BCUT2D eigenvalue weighted by atomic mass is 35.5. The Bertz CT molecular complexity index is 933. The number of carbonyl (C=O) groups excluding carboxylic acids is 2. The van der Waals surface area contributed by atoms with Crippen molar-refractivity contribution in [3.05, 3.63) is 71.0 Å². The van der Waals surface area contributed by atoms with Crippen LogP contribution in [0.1, 0.15) is 36.3 Å². The first kappa shape index (κ1) is 19.8. The molecular weight excluding hydrogens is 391 g/mol. The topological polar surface area (TPSA) is 59.1 Å². The van der Waals surface area contributed by atoms with Gasteiger partial charge in [0.2, 0.25) is 5.91 Å². The van der Waals surface area contributed by atoms with Crippen LogP contribution in [0.25, 0.3) is 6.08 Å². The summed E-state index contributed by atoms with van der Waals surface area (Å²) in [6, 6.07) is 11.1. The second-order valence-corrected chi connectivity index (χ2v) is 8.21. The van der Waals surface area contributed by atoms with Crippen molar-refractivity contribution in [2.24, 2.45) is 11.8 Å². The second-order valence-electron chi connectivity index (χ2n) is 7.78. The first-order chi connectivity index (χ1) is 14.0. The van der Waals surface area contributed by atoms with Crippen molar-refractivity contribution in [1.29, 1.82) is 0 Å². The van der Waals surface area contributed by atoms with E-state index < -0.39 is 12.1 Å². The average Bonchev–Trinajstić information content (AvgIpc) is 2.72. The molecule has 1 saturated carbocycles. The van der Waals surface area contributed by atoms with Crippen LogP contribution in [0.3, 0.4) is 0 Å². The molecule has 1 aliphatic heterocycles. The zero-order chi connectivity index (χ0) is 20.4. The van der Waals surface area contributed by atoms with Crippen molar-refractivity contribution in [3.63, 3.8) is 0 Å². The number of aromatic nitrogens is 1. The Kier molecular flexibility index (Phi) is 5.76. The monoisotopic (exact) mass is 412 g/mol. The van der Waals surface area contributed by atoms with E-state index in [4.69, 9.17) is 11.6 Å². The SMILES string of the molecule is O=C(/C=C/c1cncc(Cl)c1)C1C(=O)NC2CCC(F)CC2C1c1ccccc1. The summed E-state index contributed by atoms with van der Waals surface area (Å²) >= 11 is 5.94. The zero-order valence-electron chi connectivity index (χ0n) is 15.8. The molecule has 1 amide bonds. The lowest BCUT2D eigenvalue weighted by Gasteiger charge is -2.45. The Hall–Kier alpha value is -2.53. The number of benzene rings is 1. The van der Waals surface area contributed by atoms with Gasteiger partial charge in [-0.1, -0.05) is 41.9 Å². The molecule has 2 aliphatic rings. The normalized spacial score (nSPS) is 29.3. The van der Waals surface area contributed by atoms with Gasteiger partial charge in [-0.15, -0.1) is 0 Å². The van der Waals surface area contributed by atoms with Crippen molar-refractivity contribution < 1.29 is 14.0 Å². The highest BCUT2D eigenvalue weighted by Gasteiger charge is 2.49. The van der Waals surface area contributed by atoms with Crippen LogP contribution in [0, 0.1) is 11.8 Å². The van der Waals surface area contributed by atoms with Crippen LogP contribution in [0.2, 0.25) is 5.02 Å². The molecule has 1 saturated heterocycles. The third-order valence-electron chi connectivity index (χ3n) is 5.92. The van der Waals surface area contributed by atoms with E-state index in [1.54, 1.807) is 18.3 Å². The summed E-state index contributed by atoms with van der Waals surface area (Å²) in [5, 5.41) is 3.45. The minimum absolute atomic E-state index is 0.0927. The number of allylic oxidation sites excluding steroid dienone is 1. The van der Waals surface area contributed by atoms with Gasteiger partial charge in [-0.3, -0.25) is 14.6 Å². The van der Waals surface area contributed by atoms with Gasteiger partial charge in [0.25, 0.3) is 0 Å². The van der Waals surface area contributed by atoms with Gasteiger partial charge in [-0.2, -0.15) is 0 Å². The van der Waals surface area contributed by atoms with Crippen molar-refractivity contribution in [2.45, 2.75) is 37.4 Å². The molecule has 150 valence electrons. The van der Waals surface area contributed by atoms with Gasteiger partial charge in [0.05, 0.1) is 5.02 Å². The fourth-order valence-corrected chi connectivity index (χ4v) is 4.82. The molecule has 29 heavy (non-hydrogen) atoms. The Labute approximate surface area is 174 Å². The van der Waals surface area contributed by atoms with Gasteiger partial charge in [-0.25, -0.2) is 4.39 Å². The lowest BCUT2D eigenvalue weighted by atomic mass is 9.64. The smallest absolute Gasteiger partial charge is 0.231 e. The van der Waals surface area contributed by atoms with E-state index in [1.807, 2.05) is 30.3 Å². The number of hydrogen-bond donors (Lipinski definition) is 1. The van der Waals surface area contributed by atoms with E-state index in [0.29, 0.717) is 29.8 Å². The van der Waals surface area contributed by atoms with E-state index in [2.05, 4.69) is 10.3 Å². The molecule has 5 unspecified atom stereocenters. The molecule has 1 aromatic carbocycles. The number of pyridine rings is 1. The maximum atomic E-state index is 14.2. The molecular formula is C23H22ClFN2O2. The predicted molar refractivity (Wildman–Crippen MR) is 110 cm³/mol. The number of fused-ring (bicyclic) bond motifs is 1. The van der Waals surface area contributed by atoms with Crippen molar-refractivity contribution in [3.8, 4) is 0 Å². The zero-order valence-corrected chi connectivity index (χ0v) is 16.6. The van der Waals surface area contributed by atoms with Crippen LogP contribution >= 0.6 is 11.6 Å². The van der Waals surface area contributed by atoms with Crippen molar-refractivity contribution in [2.75, 3.05) is 0 Å². The highest BCUT2D eigenvalue weighted by molar-refractivity contribution is 6.30. The van der Waals surface area contributed by atoms with E-state index in [9.17, 15) is 14.0 Å². The first-order valence-corrected chi connectivity index (χ1v) is 10.2. The van der Waals surface area contributed by atoms with Gasteiger partial charge in [0, 0.05) is 24.4 Å². The van der Waals surface area contributed by atoms with Crippen LogP contribution in [0.4, 0.5) is 4.39 Å².